The quantitative estimate of drug-likeness (QED) is 0.762. The summed E-state index contributed by atoms with van der Waals surface area (Å²) < 4.78 is 0. The lowest BCUT2D eigenvalue weighted by molar-refractivity contribution is -0.121. The summed E-state index contributed by atoms with van der Waals surface area (Å²) in [5.74, 6) is 0.879. The van der Waals surface area contributed by atoms with E-state index in [9.17, 15) is 9.59 Å². The Labute approximate surface area is 160 Å². The van der Waals surface area contributed by atoms with E-state index in [0.29, 0.717) is 12.1 Å². The van der Waals surface area contributed by atoms with Crippen LogP contribution in [0.5, 0.6) is 0 Å². The average molecular weight is 365 g/mol. The van der Waals surface area contributed by atoms with Gasteiger partial charge >= 0.3 is 0 Å². The molecular weight excluding hydrogens is 338 g/mol. The molecule has 0 spiro atoms. The highest BCUT2D eigenvalue weighted by atomic mass is 16.2. The van der Waals surface area contributed by atoms with Crippen LogP contribution in [0, 0.1) is 13.8 Å². The minimum atomic E-state index is -0.105. The van der Waals surface area contributed by atoms with Crippen molar-refractivity contribution in [1.82, 2.24) is 10.3 Å². The monoisotopic (exact) mass is 365 g/mol. The molecule has 0 aliphatic carbocycles. The van der Waals surface area contributed by atoms with Crippen LogP contribution < -0.4 is 10.2 Å². The average Bonchev–Trinajstić information content (AvgIpc) is 3.21. The molecule has 0 atom stereocenters. The first-order valence-electron chi connectivity index (χ1n) is 9.60. The fraction of sp³-hybridized carbons (Fsp3) is 0.409. The van der Waals surface area contributed by atoms with Crippen molar-refractivity contribution in [1.29, 1.82) is 0 Å². The number of benzene rings is 1. The molecule has 5 nitrogen and oxygen atoms in total. The van der Waals surface area contributed by atoms with E-state index in [1.807, 2.05) is 44.2 Å². The van der Waals surface area contributed by atoms with E-state index in [-0.39, 0.29) is 24.5 Å². The third-order valence-corrected chi connectivity index (χ3v) is 5.14. The number of hydrogen-bond acceptors (Lipinski definition) is 4. The number of aromatic nitrogens is 1. The van der Waals surface area contributed by atoms with E-state index in [4.69, 9.17) is 0 Å². The van der Waals surface area contributed by atoms with Gasteiger partial charge in [-0.15, -0.1) is 0 Å². The smallest absolute Gasteiger partial charge is 0.220 e. The molecule has 1 aliphatic heterocycles. The first-order valence-corrected chi connectivity index (χ1v) is 9.60. The topological polar surface area (TPSA) is 62.3 Å². The van der Waals surface area contributed by atoms with Crippen LogP contribution in [0.25, 0.3) is 0 Å². The Bertz CT molecular complexity index is 826. The van der Waals surface area contributed by atoms with Crippen LogP contribution >= 0.6 is 0 Å². The van der Waals surface area contributed by atoms with Crippen LogP contribution in [0.2, 0.25) is 0 Å². The molecule has 1 fully saturated rings. The van der Waals surface area contributed by atoms with Crippen molar-refractivity contribution in [2.24, 2.45) is 0 Å². The highest BCUT2D eigenvalue weighted by Gasteiger charge is 2.14. The van der Waals surface area contributed by atoms with Crippen molar-refractivity contribution in [3.63, 3.8) is 0 Å². The number of nitrogens with one attached hydrogen (secondary N) is 1. The Morgan fingerprint density at radius 3 is 2.56 bits per heavy atom. The molecule has 0 bridgehead atoms. The number of Topliss-reactive ketones (excluding diaryl/α,β-unsaturated/α-hetero) is 1. The predicted octanol–water partition coefficient (Wildman–Crippen LogP) is 3.58. The molecule has 1 amide bonds. The van der Waals surface area contributed by atoms with E-state index in [1.165, 1.54) is 12.8 Å². The zero-order chi connectivity index (χ0) is 19.2. The summed E-state index contributed by atoms with van der Waals surface area (Å²) in [4.78, 5) is 31.1. The molecule has 1 N–H and O–H groups in total. The SMILES string of the molecule is Cc1ccc(C(=O)CCC(=O)NCc2ccnc(N3CCCC3)c2)cc1C. The van der Waals surface area contributed by atoms with Gasteiger partial charge in [0.15, 0.2) is 5.78 Å². The highest BCUT2D eigenvalue weighted by molar-refractivity contribution is 5.98. The summed E-state index contributed by atoms with van der Waals surface area (Å²) in [5, 5.41) is 2.91. The number of anilines is 1. The van der Waals surface area contributed by atoms with Crippen molar-refractivity contribution in [2.45, 2.75) is 46.1 Å². The molecular formula is C22H27N3O2. The second-order valence-electron chi connectivity index (χ2n) is 7.22. The molecule has 1 aliphatic rings. The predicted molar refractivity (Wildman–Crippen MR) is 107 cm³/mol. The van der Waals surface area contributed by atoms with Crippen molar-refractivity contribution in [3.8, 4) is 0 Å². The van der Waals surface area contributed by atoms with Crippen molar-refractivity contribution in [2.75, 3.05) is 18.0 Å². The molecule has 1 aromatic heterocycles. The first-order chi connectivity index (χ1) is 13.0. The summed E-state index contributed by atoms with van der Waals surface area (Å²) in [5.41, 5.74) is 3.96. The largest absolute Gasteiger partial charge is 0.357 e. The maximum Gasteiger partial charge on any atom is 0.220 e. The fourth-order valence-corrected chi connectivity index (χ4v) is 3.26. The van der Waals surface area contributed by atoms with E-state index in [0.717, 1.165) is 35.6 Å². The van der Waals surface area contributed by atoms with Crippen LogP contribution in [0.4, 0.5) is 5.82 Å². The van der Waals surface area contributed by atoms with E-state index >= 15 is 0 Å². The minimum absolute atomic E-state index is 0.00785. The van der Waals surface area contributed by atoms with Gasteiger partial charge in [-0.25, -0.2) is 4.98 Å². The third-order valence-electron chi connectivity index (χ3n) is 5.14. The maximum absolute atomic E-state index is 12.3. The molecule has 27 heavy (non-hydrogen) atoms. The third kappa shape index (κ3) is 5.16. The van der Waals surface area contributed by atoms with Gasteiger partial charge in [0.1, 0.15) is 5.82 Å². The Morgan fingerprint density at radius 1 is 1.04 bits per heavy atom. The molecule has 5 heteroatoms. The van der Waals surface area contributed by atoms with Gasteiger partial charge in [-0.2, -0.15) is 0 Å². The molecule has 1 aromatic carbocycles. The molecule has 0 unspecified atom stereocenters. The summed E-state index contributed by atoms with van der Waals surface area (Å²) in [7, 11) is 0. The lowest BCUT2D eigenvalue weighted by atomic mass is 10.0. The van der Waals surface area contributed by atoms with Crippen molar-refractivity contribution < 1.29 is 9.59 Å². The molecule has 0 radical (unpaired) electrons. The molecule has 142 valence electrons. The lowest BCUT2D eigenvalue weighted by Gasteiger charge is -2.17. The molecule has 2 aromatic rings. The second-order valence-corrected chi connectivity index (χ2v) is 7.22. The number of amides is 1. The van der Waals surface area contributed by atoms with Gasteiger partial charge in [0.05, 0.1) is 0 Å². The number of nitrogens with zero attached hydrogens (tertiary/aromatic N) is 2. The van der Waals surface area contributed by atoms with Gasteiger partial charge in [-0.05, 0) is 61.6 Å². The normalized spacial score (nSPS) is 13.6. The zero-order valence-corrected chi connectivity index (χ0v) is 16.1. The summed E-state index contributed by atoms with van der Waals surface area (Å²) in [6, 6.07) is 9.63. The highest BCUT2D eigenvalue weighted by Crippen LogP contribution is 2.18. The van der Waals surface area contributed by atoms with Gasteiger partial charge in [0, 0.05) is 44.2 Å². The number of carbonyl (C=O) groups excluding carboxylic acids is 2. The maximum atomic E-state index is 12.3. The Kier molecular flexibility index (Phi) is 6.22. The van der Waals surface area contributed by atoms with Crippen LogP contribution in [-0.4, -0.2) is 29.8 Å². The first kappa shape index (κ1) is 19.1. The summed E-state index contributed by atoms with van der Waals surface area (Å²) in [6.07, 6.45) is 4.63. The Balaban J connectivity index is 1.47. The lowest BCUT2D eigenvalue weighted by Crippen LogP contribution is -2.24. The van der Waals surface area contributed by atoms with E-state index in [1.54, 1.807) is 6.20 Å². The Hall–Kier alpha value is -2.69. The summed E-state index contributed by atoms with van der Waals surface area (Å²) in [6.45, 7) is 6.56. The fourth-order valence-electron chi connectivity index (χ4n) is 3.26. The number of pyridine rings is 1. The summed E-state index contributed by atoms with van der Waals surface area (Å²) >= 11 is 0. The molecule has 3 rings (SSSR count). The van der Waals surface area contributed by atoms with Crippen LogP contribution in [0.1, 0.15) is 52.7 Å². The number of ketones is 1. The van der Waals surface area contributed by atoms with Gasteiger partial charge in [0.25, 0.3) is 0 Å². The number of rotatable bonds is 7. The second kappa shape index (κ2) is 8.80. The Morgan fingerprint density at radius 2 is 1.81 bits per heavy atom. The number of carbonyl (C=O) groups is 2. The van der Waals surface area contributed by atoms with Crippen molar-refractivity contribution in [3.05, 3.63) is 58.8 Å². The van der Waals surface area contributed by atoms with E-state index in [2.05, 4.69) is 15.2 Å². The van der Waals surface area contributed by atoms with Gasteiger partial charge < -0.3 is 10.2 Å². The van der Waals surface area contributed by atoms with Crippen LogP contribution in [0.15, 0.2) is 36.5 Å². The molecule has 2 heterocycles. The number of hydrogen-bond donors (Lipinski definition) is 1. The van der Waals surface area contributed by atoms with Crippen LogP contribution in [-0.2, 0) is 11.3 Å². The standard InChI is InChI=1S/C22H27N3O2/c1-16-5-6-19(13-17(16)2)20(26)7-8-22(27)24-15-18-9-10-23-21(14-18)25-11-3-4-12-25/h5-6,9-10,13-14H,3-4,7-8,11-12,15H2,1-2H3,(H,24,27). The number of aryl methyl sites for hydroxylation is 2. The molecule has 1 saturated heterocycles. The molecule has 0 saturated carbocycles. The van der Waals surface area contributed by atoms with E-state index < -0.39 is 0 Å². The van der Waals surface area contributed by atoms with Crippen molar-refractivity contribution >= 4 is 17.5 Å². The van der Waals surface area contributed by atoms with Gasteiger partial charge in [-0.1, -0.05) is 12.1 Å². The van der Waals surface area contributed by atoms with Crippen LogP contribution in [0.3, 0.4) is 0 Å². The minimum Gasteiger partial charge on any atom is -0.357 e. The zero-order valence-electron chi connectivity index (χ0n) is 16.1. The van der Waals surface area contributed by atoms with Gasteiger partial charge in [0.2, 0.25) is 5.91 Å². The van der Waals surface area contributed by atoms with Gasteiger partial charge in [-0.3, -0.25) is 9.59 Å².